The molecule has 27 heavy (non-hydrogen) atoms. The molecule has 0 aliphatic carbocycles. The fraction of sp³-hybridized carbons (Fsp3) is 0.125. The third kappa shape index (κ3) is 4.34. The van der Waals surface area contributed by atoms with Gasteiger partial charge in [-0.1, -0.05) is 28.9 Å². The molecule has 1 aromatic heterocycles. The number of nitro groups is 1. The number of nitro benzene ring substituents is 1. The third-order valence-electron chi connectivity index (χ3n) is 3.41. The number of ether oxygens (including phenoxy) is 1. The summed E-state index contributed by atoms with van der Waals surface area (Å²) in [6.07, 6.45) is -4.44. The van der Waals surface area contributed by atoms with E-state index in [1.807, 2.05) is 0 Å². The molecule has 0 atom stereocenters. The van der Waals surface area contributed by atoms with Crippen LogP contribution in [0.15, 0.2) is 47.0 Å². The highest BCUT2D eigenvalue weighted by molar-refractivity contribution is 6.30. The van der Waals surface area contributed by atoms with Crippen LogP contribution in [0.5, 0.6) is 5.75 Å². The van der Waals surface area contributed by atoms with Crippen molar-refractivity contribution in [2.75, 3.05) is 0 Å². The molecule has 3 rings (SSSR count). The van der Waals surface area contributed by atoms with Gasteiger partial charge in [0.2, 0.25) is 5.82 Å². The zero-order valence-electron chi connectivity index (χ0n) is 13.2. The SMILES string of the molecule is O=[N+]([O-])c1cc(Cl)ccc1OCc1nc(-c2ccc(C(F)(F)F)cc2)no1. The van der Waals surface area contributed by atoms with E-state index in [1.54, 1.807) is 0 Å². The normalized spacial score (nSPS) is 11.4. The molecule has 0 saturated heterocycles. The molecule has 2 aromatic carbocycles. The Kier molecular flexibility index (Phi) is 5.00. The molecule has 0 amide bonds. The van der Waals surface area contributed by atoms with Crippen molar-refractivity contribution in [1.29, 1.82) is 0 Å². The number of nitrogens with zero attached hydrogens (tertiary/aromatic N) is 3. The second-order valence-electron chi connectivity index (χ2n) is 5.24. The Labute approximate surface area is 154 Å². The van der Waals surface area contributed by atoms with E-state index in [0.29, 0.717) is 5.56 Å². The minimum Gasteiger partial charge on any atom is -0.477 e. The van der Waals surface area contributed by atoms with Gasteiger partial charge in [0.15, 0.2) is 12.4 Å². The maximum Gasteiger partial charge on any atom is 0.416 e. The van der Waals surface area contributed by atoms with Crippen LogP contribution in [0.3, 0.4) is 0 Å². The van der Waals surface area contributed by atoms with Crippen molar-refractivity contribution in [2.45, 2.75) is 12.8 Å². The van der Waals surface area contributed by atoms with Crippen LogP contribution in [0.25, 0.3) is 11.4 Å². The standard InChI is InChI=1S/C16H9ClF3N3O4/c17-11-5-6-13(12(7-11)23(24)25)26-8-14-21-15(22-27-14)9-1-3-10(4-2-9)16(18,19)20/h1-7H,8H2. The molecule has 0 bridgehead atoms. The smallest absolute Gasteiger partial charge is 0.416 e. The highest BCUT2D eigenvalue weighted by atomic mass is 35.5. The van der Waals surface area contributed by atoms with Gasteiger partial charge in [-0.05, 0) is 24.3 Å². The summed E-state index contributed by atoms with van der Waals surface area (Å²) in [6.45, 7) is -0.268. The molecule has 0 aliphatic heterocycles. The highest BCUT2D eigenvalue weighted by Gasteiger charge is 2.30. The zero-order chi connectivity index (χ0) is 19.6. The number of hydrogen-bond acceptors (Lipinski definition) is 6. The summed E-state index contributed by atoms with van der Waals surface area (Å²) in [5.41, 5.74) is -0.811. The Morgan fingerprint density at radius 2 is 1.89 bits per heavy atom. The summed E-state index contributed by atoms with van der Waals surface area (Å²) in [4.78, 5) is 14.4. The van der Waals surface area contributed by atoms with Crippen LogP contribution in [-0.4, -0.2) is 15.1 Å². The Hall–Kier alpha value is -3.14. The van der Waals surface area contributed by atoms with Gasteiger partial charge in [0, 0.05) is 16.7 Å². The molecule has 1 heterocycles. The molecule has 0 aliphatic rings. The largest absolute Gasteiger partial charge is 0.477 e. The van der Waals surface area contributed by atoms with Gasteiger partial charge in [-0.2, -0.15) is 18.2 Å². The highest BCUT2D eigenvalue weighted by Crippen LogP contribution is 2.31. The van der Waals surface area contributed by atoms with Gasteiger partial charge in [0.05, 0.1) is 10.5 Å². The first-order valence-corrected chi connectivity index (χ1v) is 7.69. The maximum atomic E-state index is 12.6. The number of benzene rings is 2. The van der Waals surface area contributed by atoms with Gasteiger partial charge < -0.3 is 9.26 Å². The molecule has 0 N–H and O–H groups in total. The van der Waals surface area contributed by atoms with Crippen LogP contribution in [0, 0.1) is 10.1 Å². The van der Waals surface area contributed by atoms with Gasteiger partial charge in [0.25, 0.3) is 5.89 Å². The van der Waals surface area contributed by atoms with E-state index in [0.717, 1.165) is 18.2 Å². The zero-order valence-corrected chi connectivity index (χ0v) is 14.0. The second kappa shape index (κ2) is 7.23. The molecule has 11 heteroatoms. The second-order valence-corrected chi connectivity index (χ2v) is 5.68. The van der Waals surface area contributed by atoms with Crippen molar-refractivity contribution in [3.8, 4) is 17.1 Å². The predicted molar refractivity (Wildman–Crippen MR) is 87.2 cm³/mol. The van der Waals surface area contributed by atoms with Gasteiger partial charge in [0.1, 0.15) is 0 Å². The van der Waals surface area contributed by atoms with E-state index in [1.165, 1.54) is 24.3 Å². The average Bonchev–Trinajstić information content (AvgIpc) is 3.09. The molecule has 0 radical (unpaired) electrons. The lowest BCUT2D eigenvalue weighted by Crippen LogP contribution is -2.04. The van der Waals surface area contributed by atoms with Crippen molar-refractivity contribution in [3.05, 3.63) is 69.1 Å². The number of hydrogen-bond donors (Lipinski definition) is 0. The van der Waals surface area contributed by atoms with Crippen molar-refractivity contribution in [1.82, 2.24) is 10.1 Å². The van der Waals surface area contributed by atoms with E-state index in [2.05, 4.69) is 10.1 Å². The maximum absolute atomic E-state index is 12.6. The van der Waals surface area contributed by atoms with Crippen LogP contribution in [0.2, 0.25) is 5.02 Å². The van der Waals surface area contributed by atoms with E-state index in [9.17, 15) is 23.3 Å². The topological polar surface area (TPSA) is 91.3 Å². The Morgan fingerprint density at radius 1 is 1.19 bits per heavy atom. The van der Waals surface area contributed by atoms with Crippen molar-refractivity contribution < 1.29 is 27.4 Å². The Balaban J connectivity index is 1.73. The number of aromatic nitrogens is 2. The first kappa shape index (κ1) is 18.6. The lowest BCUT2D eigenvalue weighted by molar-refractivity contribution is -0.385. The summed E-state index contributed by atoms with van der Waals surface area (Å²) >= 11 is 5.72. The monoisotopic (exact) mass is 399 g/mol. The van der Waals surface area contributed by atoms with E-state index in [-0.39, 0.29) is 34.8 Å². The molecular weight excluding hydrogens is 391 g/mol. The number of rotatable bonds is 5. The van der Waals surface area contributed by atoms with Crippen molar-refractivity contribution in [3.63, 3.8) is 0 Å². The fourth-order valence-corrected chi connectivity index (χ4v) is 2.30. The number of halogens is 4. The molecule has 140 valence electrons. The number of alkyl halides is 3. The molecule has 0 unspecified atom stereocenters. The molecular formula is C16H9ClF3N3O4. The minimum atomic E-state index is -4.44. The first-order chi connectivity index (χ1) is 12.7. The van der Waals surface area contributed by atoms with Gasteiger partial charge in [-0.25, -0.2) is 0 Å². The van der Waals surface area contributed by atoms with Gasteiger partial charge >= 0.3 is 11.9 Å². The van der Waals surface area contributed by atoms with Gasteiger partial charge in [-0.3, -0.25) is 10.1 Å². The molecule has 0 saturated carbocycles. The lowest BCUT2D eigenvalue weighted by atomic mass is 10.1. The first-order valence-electron chi connectivity index (χ1n) is 7.31. The molecule has 3 aromatic rings. The van der Waals surface area contributed by atoms with Crippen LogP contribution >= 0.6 is 11.6 Å². The van der Waals surface area contributed by atoms with Crippen LogP contribution < -0.4 is 4.74 Å². The summed E-state index contributed by atoms with van der Waals surface area (Å²) < 4.78 is 48.0. The quantitative estimate of drug-likeness (QED) is 0.448. The Morgan fingerprint density at radius 3 is 2.52 bits per heavy atom. The van der Waals surface area contributed by atoms with E-state index < -0.39 is 16.7 Å². The minimum absolute atomic E-state index is 0.00542. The van der Waals surface area contributed by atoms with Crippen molar-refractivity contribution in [2.24, 2.45) is 0 Å². The van der Waals surface area contributed by atoms with Crippen LogP contribution in [0.4, 0.5) is 18.9 Å². The summed E-state index contributed by atoms with van der Waals surface area (Å²) in [5, 5.41) is 14.8. The summed E-state index contributed by atoms with van der Waals surface area (Å²) in [5.74, 6) is 0.0146. The fourth-order valence-electron chi connectivity index (χ4n) is 2.13. The van der Waals surface area contributed by atoms with E-state index >= 15 is 0 Å². The van der Waals surface area contributed by atoms with E-state index in [4.69, 9.17) is 20.9 Å². The van der Waals surface area contributed by atoms with Crippen LogP contribution in [0.1, 0.15) is 11.5 Å². The molecule has 0 fully saturated rings. The Bertz CT molecular complexity index is 974. The summed E-state index contributed by atoms with van der Waals surface area (Å²) in [7, 11) is 0. The van der Waals surface area contributed by atoms with Crippen LogP contribution in [-0.2, 0) is 12.8 Å². The van der Waals surface area contributed by atoms with Gasteiger partial charge in [-0.15, -0.1) is 0 Å². The lowest BCUT2D eigenvalue weighted by Gasteiger charge is -2.05. The molecule has 7 nitrogen and oxygen atoms in total. The third-order valence-corrected chi connectivity index (χ3v) is 3.64. The average molecular weight is 400 g/mol. The molecule has 0 spiro atoms. The summed E-state index contributed by atoms with van der Waals surface area (Å²) in [6, 6.07) is 8.11. The predicted octanol–water partition coefficient (Wildman–Crippen LogP) is 4.90. The van der Waals surface area contributed by atoms with Crippen molar-refractivity contribution >= 4 is 17.3 Å².